The number of hydrogen-bond donors (Lipinski definition) is 2. The van der Waals surface area contributed by atoms with E-state index in [-0.39, 0.29) is 11.5 Å². The predicted molar refractivity (Wildman–Crippen MR) is 88.1 cm³/mol. The van der Waals surface area contributed by atoms with Gasteiger partial charge in [0.25, 0.3) is 5.91 Å². The second-order valence-corrected chi connectivity index (χ2v) is 5.36. The third-order valence-electron chi connectivity index (χ3n) is 3.50. The lowest BCUT2D eigenvalue weighted by Gasteiger charge is -2.09. The van der Waals surface area contributed by atoms with E-state index in [2.05, 4.69) is 15.6 Å². The number of benzene rings is 2. The van der Waals surface area contributed by atoms with Crippen LogP contribution in [0.4, 0.5) is 39.1 Å². The zero-order valence-corrected chi connectivity index (χ0v) is 13.4. The van der Waals surface area contributed by atoms with Crippen molar-refractivity contribution >= 4 is 23.1 Å². The number of anilines is 3. The molecule has 0 saturated carbocycles. The fraction of sp³-hybridized carbons (Fsp3) is 0. The quantitative estimate of drug-likeness (QED) is 0.507. The van der Waals surface area contributed by atoms with Gasteiger partial charge in [-0.25, -0.2) is 26.9 Å². The Bertz CT molecular complexity index is 1010. The third kappa shape index (κ3) is 4.02. The molecule has 0 saturated heterocycles. The molecule has 27 heavy (non-hydrogen) atoms. The summed E-state index contributed by atoms with van der Waals surface area (Å²) in [6.45, 7) is 0. The van der Waals surface area contributed by atoms with E-state index in [1.807, 2.05) is 0 Å². The molecule has 0 radical (unpaired) electrons. The molecular weight excluding hydrogens is 369 g/mol. The average molecular weight is 379 g/mol. The van der Waals surface area contributed by atoms with Crippen molar-refractivity contribution in [3.05, 3.63) is 83.3 Å². The van der Waals surface area contributed by atoms with Crippen molar-refractivity contribution < 1.29 is 26.7 Å². The molecule has 0 aliphatic rings. The van der Waals surface area contributed by atoms with E-state index in [9.17, 15) is 26.7 Å². The lowest BCUT2D eigenvalue weighted by atomic mass is 10.2. The maximum atomic E-state index is 13.6. The highest BCUT2D eigenvalue weighted by atomic mass is 19.2. The van der Waals surface area contributed by atoms with Crippen molar-refractivity contribution in [2.75, 3.05) is 10.6 Å². The summed E-state index contributed by atoms with van der Waals surface area (Å²) in [5, 5.41) is 4.89. The molecular formula is C18H10F5N3O. The minimum Gasteiger partial charge on any atom is -0.352 e. The number of hydrogen-bond acceptors (Lipinski definition) is 3. The minimum atomic E-state index is -1.75. The average Bonchev–Trinajstić information content (AvgIpc) is 2.63. The maximum Gasteiger partial charge on any atom is 0.259 e. The zero-order valence-electron chi connectivity index (χ0n) is 13.4. The van der Waals surface area contributed by atoms with Crippen LogP contribution in [-0.4, -0.2) is 10.9 Å². The van der Waals surface area contributed by atoms with Crippen molar-refractivity contribution in [1.82, 2.24) is 4.98 Å². The molecule has 138 valence electrons. The van der Waals surface area contributed by atoms with Gasteiger partial charge in [0, 0.05) is 6.07 Å². The molecule has 0 aliphatic heterocycles. The lowest BCUT2D eigenvalue weighted by Crippen LogP contribution is -2.16. The Kier molecular flexibility index (Phi) is 5.02. The van der Waals surface area contributed by atoms with Crippen LogP contribution in [-0.2, 0) is 0 Å². The van der Waals surface area contributed by atoms with Gasteiger partial charge in [-0.05, 0) is 36.4 Å². The van der Waals surface area contributed by atoms with Crippen LogP contribution >= 0.6 is 0 Å². The molecule has 1 heterocycles. The third-order valence-corrected chi connectivity index (χ3v) is 3.50. The molecule has 9 heteroatoms. The van der Waals surface area contributed by atoms with Crippen LogP contribution in [0.25, 0.3) is 0 Å². The molecule has 0 spiro atoms. The highest BCUT2D eigenvalue weighted by molar-refractivity contribution is 6.04. The topological polar surface area (TPSA) is 54.0 Å². The van der Waals surface area contributed by atoms with E-state index in [0.717, 1.165) is 12.1 Å². The van der Waals surface area contributed by atoms with Crippen molar-refractivity contribution in [3.8, 4) is 0 Å². The summed E-state index contributed by atoms with van der Waals surface area (Å²) in [5.74, 6) is -7.34. The Morgan fingerprint density at radius 2 is 1.63 bits per heavy atom. The van der Waals surface area contributed by atoms with Crippen LogP contribution in [0.3, 0.4) is 0 Å². The summed E-state index contributed by atoms with van der Waals surface area (Å²) in [4.78, 5) is 15.8. The predicted octanol–water partition coefficient (Wildman–Crippen LogP) is 4.77. The molecule has 2 aromatic carbocycles. The number of halogens is 5. The standard InChI is InChI=1S/C18H10F5N3O/c19-9-1-5-14(13(21)7-9)25-10-2-6-15(24-8-10)26-18(27)11-3-4-12(20)17(23)16(11)22/h1-8,25H,(H,24,26,27). The molecule has 1 aromatic heterocycles. The van der Waals surface area contributed by atoms with E-state index >= 15 is 0 Å². The van der Waals surface area contributed by atoms with Gasteiger partial charge in [-0.15, -0.1) is 0 Å². The highest BCUT2D eigenvalue weighted by Crippen LogP contribution is 2.21. The van der Waals surface area contributed by atoms with Gasteiger partial charge in [-0.2, -0.15) is 0 Å². The number of nitrogens with one attached hydrogen (secondary N) is 2. The summed E-state index contributed by atoms with van der Waals surface area (Å²) in [6, 6.07) is 7.16. The second-order valence-electron chi connectivity index (χ2n) is 5.36. The molecule has 3 aromatic rings. The van der Waals surface area contributed by atoms with Crippen LogP contribution < -0.4 is 10.6 Å². The van der Waals surface area contributed by atoms with E-state index in [4.69, 9.17) is 0 Å². The van der Waals surface area contributed by atoms with E-state index in [1.54, 1.807) is 0 Å². The van der Waals surface area contributed by atoms with Crippen molar-refractivity contribution in [2.24, 2.45) is 0 Å². The van der Waals surface area contributed by atoms with Crippen LogP contribution in [0.1, 0.15) is 10.4 Å². The van der Waals surface area contributed by atoms with Crippen LogP contribution in [0, 0.1) is 29.1 Å². The maximum absolute atomic E-state index is 13.6. The van der Waals surface area contributed by atoms with Crippen molar-refractivity contribution in [2.45, 2.75) is 0 Å². The Morgan fingerprint density at radius 3 is 2.30 bits per heavy atom. The van der Waals surface area contributed by atoms with Crippen molar-refractivity contribution in [1.29, 1.82) is 0 Å². The first-order valence-electron chi connectivity index (χ1n) is 7.48. The Hall–Kier alpha value is -3.49. The smallest absolute Gasteiger partial charge is 0.259 e. The van der Waals surface area contributed by atoms with Gasteiger partial charge < -0.3 is 10.6 Å². The first kappa shape index (κ1) is 18.3. The molecule has 0 aliphatic carbocycles. The van der Waals surface area contributed by atoms with Gasteiger partial charge in [-0.1, -0.05) is 0 Å². The number of carbonyl (C=O) groups excluding carboxylic acids is 1. The monoisotopic (exact) mass is 379 g/mol. The van der Waals surface area contributed by atoms with Gasteiger partial charge in [0.15, 0.2) is 17.5 Å². The van der Waals surface area contributed by atoms with Gasteiger partial charge in [0.1, 0.15) is 17.5 Å². The number of carbonyl (C=O) groups is 1. The first-order chi connectivity index (χ1) is 12.8. The Labute approximate surface area is 149 Å². The first-order valence-corrected chi connectivity index (χ1v) is 7.48. The number of nitrogens with zero attached hydrogens (tertiary/aromatic N) is 1. The minimum absolute atomic E-state index is 0.00531. The van der Waals surface area contributed by atoms with Gasteiger partial charge in [-0.3, -0.25) is 4.79 Å². The van der Waals surface area contributed by atoms with E-state index in [1.165, 1.54) is 24.4 Å². The van der Waals surface area contributed by atoms with Gasteiger partial charge >= 0.3 is 0 Å². The molecule has 0 bridgehead atoms. The zero-order chi connectivity index (χ0) is 19.6. The normalized spacial score (nSPS) is 10.6. The van der Waals surface area contributed by atoms with E-state index in [0.29, 0.717) is 17.8 Å². The number of amides is 1. The van der Waals surface area contributed by atoms with Crippen molar-refractivity contribution in [3.63, 3.8) is 0 Å². The molecule has 2 N–H and O–H groups in total. The van der Waals surface area contributed by atoms with Gasteiger partial charge in [0.05, 0.1) is 23.1 Å². The molecule has 0 fully saturated rings. The number of rotatable bonds is 4. The van der Waals surface area contributed by atoms with Gasteiger partial charge in [0.2, 0.25) is 0 Å². The second kappa shape index (κ2) is 7.40. The van der Waals surface area contributed by atoms with E-state index < -0.39 is 40.6 Å². The van der Waals surface area contributed by atoms with Crippen LogP contribution in [0.15, 0.2) is 48.7 Å². The summed E-state index contributed by atoms with van der Waals surface area (Å²) in [5.41, 5.74) is -0.345. The number of aromatic nitrogens is 1. The molecule has 1 amide bonds. The van der Waals surface area contributed by atoms with Crippen LogP contribution in [0.2, 0.25) is 0 Å². The SMILES string of the molecule is O=C(Nc1ccc(Nc2ccc(F)cc2F)cn1)c1ccc(F)c(F)c1F. The highest BCUT2D eigenvalue weighted by Gasteiger charge is 2.19. The molecule has 4 nitrogen and oxygen atoms in total. The molecule has 0 unspecified atom stereocenters. The summed E-state index contributed by atoms with van der Waals surface area (Å²) in [6.07, 6.45) is 1.24. The lowest BCUT2D eigenvalue weighted by molar-refractivity contribution is 0.102. The Morgan fingerprint density at radius 1 is 0.852 bits per heavy atom. The summed E-state index contributed by atoms with van der Waals surface area (Å²) in [7, 11) is 0. The molecule has 0 atom stereocenters. The fourth-order valence-corrected chi connectivity index (χ4v) is 2.17. The molecule has 3 rings (SSSR count). The fourth-order valence-electron chi connectivity index (χ4n) is 2.17. The largest absolute Gasteiger partial charge is 0.352 e. The Balaban J connectivity index is 1.72. The van der Waals surface area contributed by atoms with Crippen LogP contribution in [0.5, 0.6) is 0 Å². The summed E-state index contributed by atoms with van der Waals surface area (Å²) >= 11 is 0. The number of pyridine rings is 1. The summed E-state index contributed by atoms with van der Waals surface area (Å²) < 4.78 is 66.2.